The third-order valence-electron chi connectivity index (χ3n) is 5.60. The number of rotatable bonds is 8. The number of anilines is 1. The third-order valence-corrected chi connectivity index (χ3v) is 5.60. The second kappa shape index (κ2) is 9.72. The predicted molar refractivity (Wildman–Crippen MR) is 107 cm³/mol. The molecule has 0 aromatic heterocycles. The lowest BCUT2D eigenvalue weighted by Gasteiger charge is -2.34. The minimum absolute atomic E-state index is 0.0750. The molecule has 0 spiro atoms. The van der Waals surface area contributed by atoms with Gasteiger partial charge in [0.15, 0.2) is 0 Å². The van der Waals surface area contributed by atoms with Gasteiger partial charge >= 0.3 is 5.97 Å². The van der Waals surface area contributed by atoms with E-state index < -0.39 is 0 Å². The van der Waals surface area contributed by atoms with Crippen LogP contribution in [-0.4, -0.2) is 24.0 Å². The number of hydrogen-bond acceptors (Lipinski definition) is 5. The topological polar surface area (TPSA) is 81.5 Å². The second-order valence-corrected chi connectivity index (χ2v) is 8.05. The average Bonchev–Trinajstić information content (AvgIpc) is 2.66. The first-order valence-electron chi connectivity index (χ1n) is 9.95. The average molecular weight is 376 g/mol. The molecule has 1 aromatic carbocycles. The summed E-state index contributed by atoms with van der Waals surface area (Å²) in [5.41, 5.74) is 1.41. The van der Waals surface area contributed by atoms with E-state index in [-0.39, 0.29) is 28.5 Å². The Hall–Kier alpha value is -2.11. The molecule has 0 radical (unpaired) electrons. The molecule has 0 saturated heterocycles. The van der Waals surface area contributed by atoms with E-state index >= 15 is 0 Å². The molecule has 2 rings (SSSR count). The Labute approximate surface area is 161 Å². The summed E-state index contributed by atoms with van der Waals surface area (Å²) in [5, 5.41) is 15.1. The molecule has 27 heavy (non-hydrogen) atoms. The standard InChI is InChI=1S/C21H32N2O4/c1-14(2)20(17-8-6-5-7-9-17)22-18-11-10-16(13-19(18)23(25)26)12-15(3)21(24)27-4/h10-11,13-15,17,20,22H,5-9,12H2,1-4H3. The number of nitro groups is 1. The lowest BCUT2D eigenvalue weighted by molar-refractivity contribution is -0.384. The quantitative estimate of drug-likeness (QED) is 0.394. The van der Waals surface area contributed by atoms with Crippen LogP contribution in [0.2, 0.25) is 0 Å². The summed E-state index contributed by atoms with van der Waals surface area (Å²) in [4.78, 5) is 22.9. The Bertz CT molecular complexity index is 654. The highest BCUT2D eigenvalue weighted by atomic mass is 16.6. The largest absolute Gasteiger partial charge is 0.469 e. The first-order valence-corrected chi connectivity index (χ1v) is 9.95. The fourth-order valence-corrected chi connectivity index (χ4v) is 4.12. The van der Waals surface area contributed by atoms with Crippen LogP contribution < -0.4 is 5.32 Å². The number of nitrogens with one attached hydrogen (secondary N) is 1. The summed E-state index contributed by atoms with van der Waals surface area (Å²) in [5.74, 6) is 0.306. The number of esters is 1. The molecule has 150 valence electrons. The zero-order valence-corrected chi connectivity index (χ0v) is 16.9. The normalized spacial score (nSPS) is 17.4. The van der Waals surface area contributed by atoms with E-state index in [2.05, 4.69) is 19.2 Å². The SMILES string of the molecule is COC(=O)C(C)Cc1ccc(NC(C(C)C)C2CCCCC2)c([N+](=O)[O-])c1. The molecule has 2 atom stereocenters. The van der Waals surface area contributed by atoms with Gasteiger partial charge in [0.1, 0.15) is 5.69 Å². The summed E-state index contributed by atoms with van der Waals surface area (Å²) >= 11 is 0. The van der Waals surface area contributed by atoms with Crippen molar-refractivity contribution in [1.82, 2.24) is 0 Å². The number of hydrogen-bond donors (Lipinski definition) is 1. The van der Waals surface area contributed by atoms with Crippen LogP contribution in [0.4, 0.5) is 11.4 Å². The number of nitro benzene ring substituents is 1. The van der Waals surface area contributed by atoms with Gasteiger partial charge in [0, 0.05) is 12.1 Å². The summed E-state index contributed by atoms with van der Waals surface area (Å²) in [6, 6.07) is 5.46. The first kappa shape index (κ1) is 21.2. The Morgan fingerprint density at radius 3 is 2.48 bits per heavy atom. The number of methoxy groups -OCH3 is 1. The molecule has 1 saturated carbocycles. The third kappa shape index (κ3) is 5.68. The van der Waals surface area contributed by atoms with Crippen LogP contribution in [0.3, 0.4) is 0 Å². The minimum atomic E-state index is -0.340. The number of nitrogens with zero attached hydrogens (tertiary/aromatic N) is 1. The summed E-state index contributed by atoms with van der Waals surface area (Å²) in [6.07, 6.45) is 6.54. The Kier molecular flexibility index (Phi) is 7.63. The van der Waals surface area contributed by atoms with Crippen molar-refractivity contribution >= 4 is 17.3 Å². The highest BCUT2D eigenvalue weighted by molar-refractivity contribution is 5.72. The van der Waals surface area contributed by atoms with Gasteiger partial charge in [0.05, 0.1) is 18.0 Å². The van der Waals surface area contributed by atoms with Crippen LogP contribution in [0.25, 0.3) is 0 Å². The number of ether oxygens (including phenoxy) is 1. The molecule has 1 aliphatic carbocycles. The molecule has 0 aliphatic heterocycles. The van der Waals surface area contributed by atoms with Crippen LogP contribution in [0, 0.1) is 27.9 Å². The molecule has 1 aliphatic rings. The summed E-state index contributed by atoms with van der Waals surface area (Å²) in [7, 11) is 1.35. The van der Waals surface area contributed by atoms with E-state index in [0.717, 1.165) is 5.56 Å². The van der Waals surface area contributed by atoms with E-state index in [1.54, 1.807) is 19.1 Å². The van der Waals surface area contributed by atoms with Crippen LogP contribution in [0.15, 0.2) is 18.2 Å². The van der Waals surface area contributed by atoms with Gasteiger partial charge in [-0.3, -0.25) is 14.9 Å². The highest BCUT2D eigenvalue weighted by Gasteiger charge is 2.28. The molecular formula is C21H32N2O4. The van der Waals surface area contributed by atoms with Crippen molar-refractivity contribution in [3.8, 4) is 0 Å². The van der Waals surface area contributed by atoms with Crippen molar-refractivity contribution in [3.63, 3.8) is 0 Å². The molecule has 6 nitrogen and oxygen atoms in total. The van der Waals surface area contributed by atoms with Crippen LogP contribution in [-0.2, 0) is 16.0 Å². The van der Waals surface area contributed by atoms with Gasteiger partial charge < -0.3 is 10.1 Å². The Morgan fingerprint density at radius 2 is 1.93 bits per heavy atom. The molecule has 2 unspecified atom stereocenters. The van der Waals surface area contributed by atoms with Crippen molar-refractivity contribution in [1.29, 1.82) is 0 Å². The predicted octanol–water partition coefficient (Wildman–Crippen LogP) is 4.96. The highest BCUT2D eigenvalue weighted by Crippen LogP contribution is 2.34. The van der Waals surface area contributed by atoms with Gasteiger partial charge in [-0.1, -0.05) is 46.1 Å². The van der Waals surface area contributed by atoms with E-state index in [0.29, 0.717) is 23.9 Å². The molecule has 0 bridgehead atoms. The maximum absolute atomic E-state index is 11.7. The van der Waals surface area contributed by atoms with Gasteiger partial charge in [0.25, 0.3) is 5.69 Å². The summed E-state index contributed by atoms with van der Waals surface area (Å²) < 4.78 is 4.75. The molecule has 0 amide bonds. The van der Waals surface area contributed by atoms with Crippen molar-refractivity contribution < 1.29 is 14.5 Å². The van der Waals surface area contributed by atoms with Gasteiger partial charge in [-0.2, -0.15) is 0 Å². The van der Waals surface area contributed by atoms with Crippen molar-refractivity contribution in [2.75, 3.05) is 12.4 Å². The van der Waals surface area contributed by atoms with Crippen molar-refractivity contribution in [2.24, 2.45) is 17.8 Å². The van der Waals surface area contributed by atoms with E-state index in [1.165, 1.54) is 39.2 Å². The van der Waals surface area contributed by atoms with Gasteiger partial charge in [0.2, 0.25) is 0 Å². The fourth-order valence-electron chi connectivity index (χ4n) is 4.12. The van der Waals surface area contributed by atoms with E-state index in [9.17, 15) is 14.9 Å². The first-order chi connectivity index (χ1) is 12.8. The molecule has 1 aromatic rings. The minimum Gasteiger partial charge on any atom is -0.469 e. The lowest BCUT2D eigenvalue weighted by Crippen LogP contribution is -2.35. The number of carbonyl (C=O) groups excluding carboxylic acids is 1. The van der Waals surface area contributed by atoms with Crippen molar-refractivity contribution in [3.05, 3.63) is 33.9 Å². The maximum atomic E-state index is 11.7. The number of carbonyl (C=O) groups is 1. The molecule has 1 fully saturated rings. The van der Waals surface area contributed by atoms with Gasteiger partial charge in [-0.15, -0.1) is 0 Å². The second-order valence-electron chi connectivity index (χ2n) is 8.05. The Morgan fingerprint density at radius 1 is 1.26 bits per heavy atom. The molecule has 1 N–H and O–H groups in total. The van der Waals surface area contributed by atoms with E-state index in [4.69, 9.17) is 4.74 Å². The molecular weight excluding hydrogens is 344 g/mol. The Balaban J connectivity index is 2.21. The van der Waals surface area contributed by atoms with Crippen molar-refractivity contribution in [2.45, 2.75) is 65.3 Å². The molecule has 6 heteroatoms. The van der Waals surface area contributed by atoms with Crippen LogP contribution >= 0.6 is 0 Å². The van der Waals surface area contributed by atoms with Gasteiger partial charge in [-0.25, -0.2) is 0 Å². The smallest absolute Gasteiger partial charge is 0.308 e. The van der Waals surface area contributed by atoms with Gasteiger partial charge in [-0.05, 0) is 42.7 Å². The fraction of sp³-hybridized carbons (Fsp3) is 0.667. The number of benzene rings is 1. The zero-order valence-electron chi connectivity index (χ0n) is 16.9. The zero-order chi connectivity index (χ0) is 20.0. The lowest BCUT2D eigenvalue weighted by atomic mass is 9.79. The molecule has 0 heterocycles. The van der Waals surface area contributed by atoms with E-state index in [1.807, 2.05) is 6.07 Å². The monoisotopic (exact) mass is 376 g/mol. The van der Waals surface area contributed by atoms with Crippen LogP contribution in [0.1, 0.15) is 58.4 Å². The maximum Gasteiger partial charge on any atom is 0.308 e. The van der Waals surface area contributed by atoms with Crippen LogP contribution in [0.5, 0.6) is 0 Å². The summed E-state index contributed by atoms with van der Waals surface area (Å²) in [6.45, 7) is 6.11.